The Labute approximate surface area is 120 Å². The van der Waals surface area contributed by atoms with Gasteiger partial charge in [0.25, 0.3) is 0 Å². The third-order valence-electron chi connectivity index (χ3n) is 2.61. The van der Waals surface area contributed by atoms with Gasteiger partial charge in [-0.25, -0.2) is 0 Å². The van der Waals surface area contributed by atoms with E-state index in [0.29, 0.717) is 0 Å². The second kappa shape index (κ2) is 8.29. The van der Waals surface area contributed by atoms with Crippen LogP contribution >= 0.6 is 0 Å². The first-order chi connectivity index (χ1) is 9.61. The molecule has 0 saturated heterocycles. The first-order valence-electron chi connectivity index (χ1n) is 6.01. The molecule has 0 unspecified atom stereocenters. The highest BCUT2D eigenvalue weighted by Gasteiger charge is 2.29. The molecular formula is C11H19N4O6. The van der Waals surface area contributed by atoms with E-state index in [1.54, 1.807) is 0 Å². The van der Waals surface area contributed by atoms with Gasteiger partial charge in [-0.2, -0.15) is 0 Å². The van der Waals surface area contributed by atoms with Crippen molar-refractivity contribution in [1.29, 1.82) is 0 Å². The number of nitrogens with two attached hydrogens (primary N) is 2. The van der Waals surface area contributed by atoms with Crippen LogP contribution in [0.25, 0.3) is 0 Å². The number of hydrogen-bond donors (Lipinski definition) is 6. The summed E-state index contributed by atoms with van der Waals surface area (Å²) in [5, 5.41) is 22.6. The van der Waals surface area contributed by atoms with Crippen LogP contribution in [0.4, 0.5) is 0 Å². The quantitative estimate of drug-likeness (QED) is 0.261. The van der Waals surface area contributed by atoms with Gasteiger partial charge < -0.3 is 32.3 Å². The zero-order chi connectivity index (χ0) is 16.7. The van der Waals surface area contributed by atoms with Crippen molar-refractivity contribution in [3.63, 3.8) is 0 Å². The summed E-state index contributed by atoms with van der Waals surface area (Å²) < 4.78 is 0. The summed E-state index contributed by atoms with van der Waals surface area (Å²) in [6, 6.07) is -4.01. The van der Waals surface area contributed by atoms with E-state index in [1.807, 2.05) is 5.32 Å². The molecule has 0 saturated carbocycles. The van der Waals surface area contributed by atoms with Gasteiger partial charge in [0.05, 0.1) is 6.10 Å². The summed E-state index contributed by atoms with van der Waals surface area (Å²) >= 11 is 0. The fraction of sp³-hybridized carbons (Fsp3) is 0.636. The maximum absolute atomic E-state index is 11.7. The van der Waals surface area contributed by atoms with Gasteiger partial charge >= 0.3 is 0 Å². The molecule has 0 fully saturated rings. The van der Waals surface area contributed by atoms with Crippen LogP contribution in [-0.2, 0) is 19.2 Å². The predicted molar refractivity (Wildman–Crippen MR) is 70.1 cm³/mol. The zero-order valence-electron chi connectivity index (χ0n) is 11.6. The third kappa shape index (κ3) is 5.85. The minimum absolute atomic E-state index is 0.783. The van der Waals surface area contributed by atoms with E-state index < -0.39 is 48.1 Å². The molecule has 8 N–H and O–H groups in total. The maximum atomic E-state index is 11.7. The summed E-state index contributed by atoms with van der Waals surface area (Å²) in [5.74, 6) is -2.86. The van der Waals surface area contributed by atoms with Crippen molar-refractivity contribution in [3.8, 4) is 0 Å². The van der Waals surface area contributed by atoms with Crippen LogP contribution in [0.2, 0.25) is 0 Å². The van der Waals surface area contributed by atoms with Gasteiger partial charge in [-0.15, -0.1) is 0 Å². The van der Waals surface area contributed by atoms with Crippen molar-refractivity contribution < 1.29 is 29.4 Å². The van der Waals surface area contributed by atoms with Crippen molar-refractivity contribution in [1.82, 2.24) is 10.6 Å². The highest BCUT2D eigenvalue weighted by molar-refractivity contribution is 5.92. The van der Waals surface area contributed by atoms with Crippen molar-refractivity contribution in [2.75, 3.05) is 0 Å². The Bertz CT molecular complexity index is 414. The fourth-order valence-corrected chi connectivity index (χ4v) is 1.21. The van der Waals surface area contributed by atoms with E-state index in [1.165, 1.54) is 20.1 Å². The van der Waals surface area contributed by atoms with E-state index >= 15 is 0 Å². The largest absolute Gasteiger partial charge is 0.391 e. The van der Waals surface area contributed by atoms with Crippen molar-refractivity contribution in [2.45, 2.75) is 44.2 Å². The molecule has 0 aromatic heterocycles. The number of nitrogens with one attached hydrogen (secondary N) is 2. The van der Waals surface area contributed by atoms with Gasteiger partial charge in [0.2, 0.25) is 24.0 Å². The average Bonchev–Trinajstić information content (AvgIpc) is 2.42. The van der Waals surface area contributed by atoms with E-state index in [0.717, 1.165) is 0 Å². The highest BCUT2D eigenvalue weighted by atomic mass is 16.3. The molecule has 3 amide bonds. The molecule has 0 heterocycles. The first-order valence-corrected chi connectivity index (χ1v) is 6.01. The van der Waals surface area contributed by atoms with Crippen LogP contribution in [-0.4, -0.2) is 64.6 Å². The minimum Gasteiger partial charge on any atom is -0.391 e. The van der Waals surface area contributed by atoms with Crippen LogP contribution in [0.3, 0.4) is 0 Å². The number of aliphatic hydroxyl groups is 2. The van der Waals surface area contributed by atoms with E-state index in [9.17, 15) is 24.3 Å². The second-order valence-corrected chi connectivity index (χ2v) is 4.45. The molecular weight excluding hydrogens is 284 g/mol. The summed E-state index contributed by atoms with van der Waals surface area (Å²) in [5.41, 5.74) is 10.2. The Balaban J connectivity index is 4.61. The Morgan fingerprint density at radius 1 is 1.10 bits per heavy atom. The molecule has 119 valence electrons. The Morgan fingerprint density at radius 3 is 2.00 bits per heavy atom. The molecule has 5 atom stereocenters. The van der Waals surface area contributed by atoms with Gasteiger partial charge in [-0.1, -0.05) is 0 Å². The molecule has 0 aliphatic rings. The fourth-order valence-electron chi connectivity index (χ4n) is 1.21. The van der Waals surface area contributed by atoms with Crippen LogP contribution in [0.1, 0.15) is 13.8 Å². The Hall–Kier alpha value is -2.04. The summed E-state index contributed by atoms with van der Waals surface area (Å²) in [6.45, 7) is 2.58. The number of hydrogen-bond acceptors (Lipinski definition) is 7. The average molecular weight is 303 g/mol. The van der Waals surface area contributed by atoms with Gasteiger partial charge in [-0.3, -0.25) is 19.2 Å². The molecule has 0 aromatic rings. The van der Waals surface area contributed by atoms with Crippen LogP contribution in [0, 0.1) is 0 Å². The number of carbonyl (C=O) groups excluding carboxylic acids is 4. The van der Waals surface area contributed by atoms with E-state index in [4.69, 9.17) is 16.6 Å². The standard InChI is InChI=1S/C11H19N4O6/c1-4(14-11(21)7(12)5(2)17)10(20)15-6(3-16)8(18)9(13)19/h4-8,17-18H,12H2,1-2H3,(H2,13,19)(H,14,21)(H,15,20)/t4-,5+,6-,7+,8+/m1/s1. The van der Waals surface area contributed by atoms with Crippen molar-refractivity contribution in [3.05, 3.63) is 0 Å². The summed E-state index contributed by atoms with van der Waals surface area (Å²) in [4.78, 5) is 44.5. The molecule has 0 bridgehead atoms. The Kier molecular flexibility index (Phi) is 7.49. The number of primary amides is 1. The SMILES string of the molecule is C[C@H](O)[C@H](N)C(=O)N[C@H](C)C(=O)N[C@H]([C]=O)[C@H](O)C(N)=O. The second-order valence-electron chi connectivity index (χ2n) is 4.45. The normalized spacial score (nSPS) is 17.8. The van der Waals surface area contributed by atoms with Crippen LogP contribution in [0.15, 0.2) is 0 Å². The molecule has 10 nitrogen and oxygen atoms in total. The maximum Gasteiger partial charge on any atom is 0.248 e. The lowest BCUT2D eigenvalue weighted by atomic mass is 10.1. The molecule has 0 spiro atoms. The molecule has 0 aliphatic heterocycles. The Morgan fingerprint density at radius 2 is 1.62 bits per heavy atom. The number of carbonyl (C=O) groups is 3. The highest BCUT2D eigenvalue weighted by Crippen LogP contribution is 1.94. The number of amides is 3. The number of aliphatic hydroxyl groups excluding tert-OH is 2. The lowest BCUT2D eigenvalue weighted by Gasteiger charge is -2.21. The topological polar surface area (TPSA) is 185 Å². The predicted octanol–water partition coefficient (Wildman–Crippen LogP) is -4.36. The molecule has 21 heavy (non-hydrogen) atoms. The zero-order valence-corrected chi connectivity index (χ0v) is 11.6. The van der Waals surface area contributed by atoms with E-state index in [-0.39, 0.29) is 0 Å². The molecule has 0 rings (SSSR count). The lowest BCUT2D eigenvalue weighted by molar-refractivity contribution is -0.132. The third-order valence-corrected chi connectivity index (χ3v) is 2.61. The van der Waals surface area contributed by atoms with Crippen molar-refractivity contribution in [2.24, 2.45) is 11.5 Å². The molecule has 10 heteroatoms. The first kappa shape index (κ1) is 19.0. The molecule has 0 aliphatic carbocycles. The van der Waals surface area contributed by atoms with E-state index in [2.05, 4.69) is 5.32 Å². The molecule has 1 radical (unpaired) electrons. The van der Waals surface area contributed by atoms with Gasteiger partial charge in [0, 0.05) is 0 Å². The molecule has 0 aromatic carbocycles. The number of rotatable bonds is 8. The summed E-state index contributed by atoms with van der Waals surface area (Å²) in [7, 11) is 0. The van der Waals surface area contributed by atoms with Crippen molar-refractivity contribution >= 4 is 24.0 Å². The van der Waals surface area contributed by atoms with Gasteiger partial charge in [0.15, 0.2) is 6.10 Å². The minimum atomic E-state index is -1.94. The smallest absolute Gasteiger partial charge is 0.248 e. The van der Waals surface area contributed by atoms with Crippen LogP contribution in [0.5, 0.6) is 0 Å². The van der Waals surface area contributed by atoms with Gasteiger partial charge in [0.1, 0.15) is 18.1 Å². The van der Waals surface area contributed by atoms with Crippen LogP contribution < -0.4 is 22.1 Å². The monoisotopic (exact) mass is 303 g/mol. The lowest BCUT2D eigenvalue weighted by Crippen LogP contribution is -2.57. The summed E-state index contributed by atoms with van der Waals surface area (Å²) in [6.07, 6.45) is -1.80. The van der Waals surface area contributed by atoms with Gasteiger partial charge in [-0.05, 0) is 13.8 Å².